The lowest BCUT2D eigenvalue weighted by Crippen LogP contribution is -1.90. The zero-order valence-electron chi connectivity index (χ0n) is 8.23. The minimum Gasteiger partial charge on any atom is -0.481 e. The second kappa shape index (κ2) is 4.09. The van der Waals surface area contributed by atoms with Crippen LogP contribution in [0.15, 0.2) is 36.6 Å². The lowest BCUT2D eigenvalue weighted by Gasteiger charge is -2.06. The molecule has 1 aromatic rings. The van der Waals surface area contributed by atoms with E-state index in [9.17, 15) is 0 Å². The van der Waals surface area contributed by atoms with E-state index in [0.29, 0.717) is 5.88 Å². The summed E-state index contributed by atoms with van der Waals surface area (Å²) in [4.78, 5) is 4.18. The molecule has 72 valence electrons. The number of aromatic nitrogens is 1. The quantitative estimate of drug-likeness (QED) is 0.710. The molecular formula is C12H13NO. The topological polar surface area (TPSA) is 22.1 Å². The summed E-state index contributed by atoms with van der Waals surface area (Å²) >= 11 is 0. The number of hydrogen-bond acceptors (Lipinski definition) is 2. The van der Waals surface area contributed by atoms with Gasteiger partial charge < -0.3 is 4.74 Å². The minimum atomic E-state index is 0.661. The largest absolute Gasteiger partial charge is 0.481 e. The average molecular weight is 187 g/mol. The van der Waals surface area contributed by atoms with Gasteiger partial charge in [0.05, 0.1) is 7.11 Å². The first kappa shape index (κ1) is 9.00. The van der Waals surface area contributed by atoms with Crippen LogP contribution in [0.3, 0.4) is 0 Å². The van der Waals surface area contributed by atoms with Crippen molar-refractivity contribution in [1.29, 1.82) is 0 Å². The summed E-state index contributed by atoms with van der Waals surface area (Å²) in [6.45, 7) is 0. The normalized spacial score (nSPS) is 15.1. The van der Waals surface area contributed by atoms with Gasteiger partial charge in [0.15, 0.2) is 0 Å². The van der Waals surface area contributed by atoms with Crippen LogP contribution in [-0.4, -0.2) is 12.1 Å². The molecule has 1 heterocycles. The van der Waals surface area contributed by atoms with Crippen molar-refractivity contribution in [3.63, 3.8) is 0 Å². The van der Waals surface area contributed by atoms with E-state index in [1.807, 2.05) is 18.3 Å². The highest BCUT2D eigenvalue weighted by molar-refractivity contribution is 5.74. The third-order valence-electron chi connectivity index (χ3n) is 2.27. The number of pyridine rings is 1. The van der Waals surface area contributed by atoms with Crippen LogP contribution in [0.25, 0.3) is 5.57 Å². The van der Waals surface area contributed by atoms with Gasteiger partial charge in [-0.2, -0.15) is 0 Å². The molecule has 2 heteroatoms. The molecule has 0 radical (unpaired) electrons. The van der Waals surface area contributed by atoms with Gasteiger partial charge in [-0.3, -0.25) is 0 Å². The first-order chi connectivity index (χ1) is 6.90. The highest BCUT2D eigenvalue weighted by Crippen LogP contribution is 2.21. The summed E-state index contributed by atoms with van der Waals surface area (Å²) in [5.41, 5.74) is 2.41. The highest BCUT2D eigenvalue weighted by atomic mass is 16.5. The Labute approximate surface area is 83.9 Å². The van der Waals surface area contributed by atoms with Crippen molar-refractivity contribution in [1.82, 2.24) is 4.98 Å². The summed E-state index contributed by atoms with van der Waals surface area (Å²) in [5.74, 6) is 0.661. The van der Waals surface area contributed by atoms with Gasteiger partial charge in [-0.1, -0.05) is 18.2 Å². The van der Waals surface area contributed by atoms with Crippen molar-refractivity contribution >= 4 is 5.57 Å². The van der Waals surface area contributed by atoms with Gasteiger partial charge in [-0.15, -0.1) is 0 Å². The van der Waals surface area contributed by atoms with Gasteiger partial charge in [-0.25, -0.2) is 4.98 Å². The molecule has 0 aliphatic heterocycles. The standard InChI is InChI=1S/C12H13NO/c1-14-12-8-7-11(9-13-12)10-5-3-2-4-6-10/h3,5-9H,2,4H2,1H3. The molecule has 0 unspecified atom stereocenters. The van der Waals surface area contributed by atoms with Gasteiger partial charge in [0.25, 0.3) is 0 Å². The predicted octanol–water partition coefficient (Wildman–Crippen LogP) is 2.82. The highest BCUT2D eigenvalue weighted by Gasteiger charge is 2.01. The maximum absolute atomic E-state index is 5.01. The third-order valence-corrected chi connectivity index (χ3v) is 2.27. The molecule has 0 spiro atoms. The fourth-order valence-electron chi connectivity index (χ4n) is 1.50. The van der Waals surface area contributed by atoms with Crippen LogP contribution in [-0.2, 0) is 0 Å². The van der Waals surface area contributed by atoms with Crippen molar-refractivity contribution < 1.29 is 4.74 Å². The molecule has 2 nitrogen and oxygen atoms in total. The Hall–Kier alpha value is -1.57. The maximum Gasteiger partial charge on any atom is 0.212 e. The first-order valence-electron chi connectivity index (χ1n) is 4.77. The van der Waals surface area contributed by atoms with Crippen LogP contribution < -0.4 is 4.74 Å². The molecule has 2 rings (SSSR count). The van der Waals surface area contributed by atoms with E-state index in [1.54, 1.807) is 7.11 Å². The van der Waals surface area contributed by atoms with Crippen molar-refractivity contribution in [2.24, 2.45) is 0 Å². The Kier molecular flexibility index (Phi) is 2.63. The number of allylic oxidation sites excluding steroid dienone is 4. The molecule has 1 aliphatic rings. The second-order valence-corrected chi connectivity index (χ2v) is 3.23. The van der Waals surface area contributed by atoms with E-state index in [2.05, 4.69) is 23.2 Å². The van der Waals surface area contributed by atoms with Gasteiger partial charge >= 0.3 is 0 Å². The Morgan fingerprint density at radius 2 is 2.21 bits per heavy atom. The molecular weight excluding hydrogens is 174 g/mol. The number of rotatable bonds is 2. The molecule has 0 aromatic carbocycles. The number of methoxy groups -OCH3 is 1. The van der Waals surface area contributed by atoms with Crippen LogP contribution in [0.2, 0.25) is 0 Å². The van der Waals surface area contributed by atoms with Crippen LogP contribution in [0.4, 0.5) is 0 Å². The molecule has 0 fully saturated rings. The monoisotopic (exact) mass is 187 g/mol. The first-order valence-corrected chi connectivity index (χ1v) is 4.77. The molecule has 0 amide bonds. The summed E-state index contributed by atoms with van der Waals surface area (Å²) < 4.78 is 5.01. The molecule has 14 heavy (non-hydrogen) atoms. The van der Waals surface area contributed by atoms with E-state index in [0.717, 1.165) is 18.4 Å². The van der Waals surface area contributed by atoms with Crippen LogP contribution in [0.1, 0.15) is 18.4 Å². The van der Waals surface area contributed by atoms with Gasteiger partial charge in [0.1, 0.15) is 0 Å². The zero-order chi connectivity index (χ0) is 9.80. The number of ether oxygens (including phenoxy) is 1. The van der Waals surface area contributed by atoms with E-state index >= 15 is 0 Å². The van der Waals surface area contributed by atoms with Gasteiger partial charge in [0, 0.05) is 12.3 Å². The Balaban J connectivity index is 2.24. The zero-order valence-corrected chi connectivity index (χ0v) is 8.23. The average Bonchev–Trinajstić information content (AvgIpc) is 2.30. The Morgan fingerprint density at radius 3 is 2.79 bits per heavy atom. The summed E-state index contributed by atoms with van der Waals surface area (Å²) in [6.07, 6.45) is 10.7. The number of nitrogens with zero attached hydrogens (tertiary/aromatic N) is 1. The Bertz CT molecular complexity index is 362. The third kappa shape index (κ3) is 1.84. The fourth-order valence-corrected chi connectivity index (χ4v) is 1.50. The van der Waals surface area contributed by atoms with E-state index in [-0.39, 0.29) is 0 Å². The van der Waals surface area contributed by atoms with Crippen molar-refractivity contribution in [2.45, 2.75) is 12.8 Å². The molecule has 0 atom stereocenters. The minimum absolute atomic E-state index is 0.661. The predicted molar refractivity (Wildman–Crippen MR) is 57.1 cm³/mol. The summed E-state index contributed by atoms with van der Waals surface area (Å²) in [6, 6.07) is 3.92. The number of hydrogen-bond donors (Lipinski definition) is 0. The van der Waals surface area contributed by atoms with Crippen molar-refractivity contribution in [3.05, 3.63) is 42.1 Å². The molecule has 0 N–H and O–H groups in total. The van der Waals surface area contributed by atoms with Crippen LogP contribution in [0, 0.1) is 0 Å². The lowest BCUT2D eigenvalue weighted by atomic mass is 10.0. The smallest absolute Gasteiger partial charge is 0.212 e. The SMILES string of the molecule is COc1ccc(C2=CCCC=C2)cn1. The van der Waals surface area contributed by atoms with E-state index < -0.39 is 0 Å². The van der Waals surface area contributed by atoms with E-state index in [1.165, 1.54) is 5.57 Å². The molecule has 1 aliphatic carbocycles. The van der Waals surface area contributed by atoms with Crippen molar-refractivity contribution in [2.75, 3.05) is 7.11 Å². The summed E-state index contributed by atoms with van der Waals surface area (Å²) in [7, 11) is 1.63. The molecule has 0 saturated heterocycles. The van der Waals surface area contributed by atoms with Gasteiger partial charge in [0.2, 0.25) is 5.88 Å². The molecule has 1 aromatic heterocycles. The second-order valence-electron chi connectivity index (χ2n) is 3.23. The lowest BCUT2D eigenvalue weighted by molar-refractivity contribution is 0.398. The summed E-state index contributed by atoms with van der Waals surface area (Å²) in [5, 5.41) is 0. The van der Waals surface area contributed by atoms with Crippen LogP contribution >= 0.6 is 0 Å². The van der Waals surface area contributed by atoms with E-state index in [4.69, 9.17) is 4.74 Å². The van der Waals surface area contributed by atoms with Crippen LogP contribution in [0.5, 0.6) is 5.88 Å². The Morgan fingerprint density at radius 1 is 1.29 bits per heavy atom. The maximum atomic E-state index is 5.01. The van der Waals surface area contributed by atoms with Gasteiger partial charge in [-0.05, 0) is 30.0 Å². The molecule has 0 saturated carbocycles. The van der Waals surface area contributed by atoms with Crippen molar-refractivity contribution in [3.8, 4) is 5.88 Å². The molecule has 0 bridgehead atoms. The fraction of sp³-hybridized carbons (Fsp3) is 0.250.